The molecule has 3 nitrogen and oxygen atoms in total. The van der Waals surface area contributed by atoms with Crippen LogP contribution >= 0.6 is 0 Å². The molecular formula is C11H10N2O. The van der Waals surface area contributed by atoms with E-state index < -0.39 is 0 Å². The Labute approximate surface area is 81.3 Å². The number of hydrogen-bond acceptors (Lipinski definition) is 2. The highest BCUT2D eigenvalue weighted by Gasteiger charge is 2.22. The van der Waals surface area contributed by atoms with Gasteiger partial charge in [0.05, 0.1) is 5.52 Å². The number of benzene rings is 1. The molecule has 0 amide bonds. The van der Waals surface area contributed by atoms with Gasteiger partial charge in [0.25, 0.3) is 0 Å². The van der Waals surface area contributed by atoms with Gasteiger partial charge in [0.15, 0.2) is 5.78 Å². The van der Waals surface area contributed by atoms with Gasteiger partial charge in [-0.25, -0.2) is 0 Å². The lowest BCUT2D eigenvalue weighted by atomic mass is 10.1. The third kappa shape index (κ3) is 0.867. The van der Waals surface area contributed by atoms with Crippen molar-refractivity contribution in [3.8, 4) is 0 Å². The van der Waals surface area contributed by atoms with Crippen LogP contribution in [0.25, 0.3) is 10.9 Å². The Morgan fingerprint density at radius 1 is 1.36 bits per heavy atom. The number of hydrogen-bond donors (Lipinski definition) is 0. The van der Waals surface area contributed by atoms with Gasteiger partial charge < -0.3 is 0 Å². The molecule has 14 heavy (non-hydrogen) atoms. The summed E-state index contributed by atoms with van der Waals surface area (Å²) in [5.74, 6) is 0.263. The normalized spacial score (nSPS) is 15.1. The van der Waals surface area contributed by atoms with E-state index in [0.29, 0.717) is 6.42 Å². The van der Waals surface area contributed by atoms with Gasteiger partial charge >= 0.3 is 0 Å². The van der Waals surface area contributed by atoms with Crippen LogP contribution in [0, 0.1) is 0 Å². The van der Waals surface area contributed by atoms with Crippen LogP contribution in [0.5, 0.6) is 0 Å². The van der Waals surface area contributed by atoms with Gasteiger partial charge in [-0.15, -0.1) is 0 Å². The summed E-state index contributed by atoms with van der Waals surface area (Å²) >= 11 is 0. The third-order valence-corrected chi connectivity index (χ3v) is 2.79. The monoisotopic (exact) mass is 186 g/mol. The van der Waals surface area contributed by atoms with Crippen LogP contribution in [-0.2, 0) is 13.5 Å². The summed E-state index contributed by atoms with van der Waals surface area (Å²) < 4.78 is 1.76. The van der Waals surface area contributed by atoms with Gasteiger partial charge in [-0.2, -0.15) is 5.10 Å². The molecule has 0 spiro atoms. The van der Waals surface area contributed by atoms with E-state index in [9.17, 15) is 4.79 Å². The van der Waals surface area contributed by atoms with Crippen molar-refractivity contribution in [1.29, 1.82) is 0 Å². The molecule has 0 saturated heterocycles. The number of aromatic nitrogens is 2. The maximum absolute atomic E-state index is 11.7. The average Bonchev–Trinajstić information content (AvgIpc) is 2.68. The third-order valence-electron chi connectivity index (χ3n) is 2.79. The molecule has 0 N–H and O–H groups in total. The molecule has 1 heterocycles. The van der Waals surface area contributed by atoms with Crippen LogP contribution in [0.15, 0.2) is 18.3 Å². The van der Waals surface area contributed by atoms with Gasteiger partial charge in [-0.05, 0) is 18.1 Å². The quantitative estimate of drug-likeness (QED) is 0.627. The highest BCUT2D eigenvalue weighted by atomic mass is 16.1. The van der Waals surface area contributed by atoms with Crippen LogP contribution < -0.4 is 0 Å². The van der Waals surface area contributed by atoms with E-state index >= 15 is 0 Å². The van der Waals surface area contributed by atoms with Crippen LogP contribution in [-0.4, -0.2) is 15.6 Å². The Kier molecular flexibility index (Phi) is 1.35. The molecule has 0 radical (unpaired) electrons. The summed E-state index contributed by atoms with van der Waals surface area (Å²) in [6, 6.07) is 4.02. The van der Waals surface area contributed by atoms with E-state index in [2.05, 4.69) is 5.10 Å². The molecule has 3 rings (SSSR count). The van der Waals surface area contributed by atoms with Gasteiger partial charge in [0.2, 0.25) is 0 Å². The number of carbonyl (C=O) groups is 1. The predicted octanol–water partition coefficient (Wildman–Crippen LogP) is 1.70. The van der Waals surface area contributed by atoms with Gasteiger partial charge in [0, 0.05) is 30.6 Å². The molecule has 1 aromatic heterocycles. The number of aryl methyl sites for hydroxylation is 2. The van der Waals surface area contributed by atoms with Crippen molar-refractivity contribution >= 4 is 16.7 Å². The highest BCUT2D eigenvalue weighted by Crippen LogP contribution is 2.28. The molecule has 1 aliphatic rings. The first kappa shape index (κ1) is 7.74. The van der Waals surface area contributed by atoms with Crippen molar-refractivity contribution in [2.75, 3.05) is 0 Å². The number of fused-ring (bicyclic) bond motifs is 3. The SMILES string of the molecule is Cn1cc2c3c(ccc2n1)CCC3=O. The molecule has 1 aromatic carbocycles. The minimum atomic E-state index is 0.263. The Balaban J connectivity index is 2.46. The van der Waals surface area contributed by atoms with Crippen molar-refractivity contribution in [1.82, 2.24) is 9.78 Å². The van der Waals surface area contributed by atoms with E-state index in [0.717, 1.165) is 22.9 Å². The highest BCUT2D eigenvalue weighted by molar-refractivity contribution is 6.10. The molecule has 0 fully saturated rings. The van der Waals surface area contributed by atoms with Gasteiger partial charge in [0.1, 0.15) is 0 Å². The molecule has 0 unspecified atom stereocenters. The van der Waals surface area contributed by atoms with E-state index in [-0.39, 0.29) is 5.78 Å². The van der Waals surface area contributed by atoms with Gasteiger partial charge in [-0.3, -0.25) is 9.48 Å². The minimum absolute atomic E-state index is 0.263. The van der Waals surface area contributed by atoms with Gasteiger partial charge in [-0.1, -0.05) is 6.07 Å². The second-order valence-corrected chi connectivity index (χ2v) is 3.76. The topological polar surface area (TPSA) is 34.9 Å². The maximum atomic E-state index is 11.7. The summed E-state index contributed by atoms with van der Waals surface area (Å²) in [7, 11) is 1.88. The second kappa shape index (κ2) is 2.44. The fourth-order valence-corrected chi connectivity index (χ4v) is 2.17. The molecule has 0 atom stereocenters. The Bertz CT molecular complexity index is 539. The maximum Gasteiger partial charge on any atom is 0.164 e. The fourth-order valence-electron chi connectivity index (χ4n) is 2.17. The van der Waals surface area contributed by atoms with E-state index in [1.807, 2.05) is 25.4 Å². The number of carbonyl (C=O) groups excluding carboxylic acids is 1. The average molecular weight is 186 g/mol. The van der Waals surface area contributed by atoms with Crippen LogP contribution in [0.2, 0.25) is 0 Å². The summed E-state index contributed by atoms with van der Waals surface area (Å²) in [6.45, 7) is 0. The zero-order valence-electron chi connectivity index (χ0n) is 7.95. The Hall–Kier alpha value is -1.64. The summed E-state index contributed by atoms with van der Waals surface area (Å²) in [4.78, 5) is 11.7. The number of nitrogens with zero attached hydrogens (tertiary/aromatic N) is 2. The summed E-state index contributed by atoms with van der Waals surface area (Å²) in [6.07, 6.45) is 3.47. The van der Waals surface area contributed by atoms with E-state index in [4.69, 9.17) is 0 Å². The second-order valence-electron chi connectivity index (χ2n) is 3.76. The Morgan fingerprint density at radius 3 is 3.07 bits per heavy atom. The number of Topliss-reactive ketones (excluding diaryl/α,β-unsaturated/α-hetero) is 1. The molecule has 1 aliphatic carbocycles. The lowest BCUT2D eigenvalue weighted by molar-refractivity contribution is 0.0996. The molecule has 70 valence electrons. The van der Waals surface area contributed by atoms with Crippen molar-refractivity contribution in [2.45, 2.75) is 12.8 Å². The van der Waals surface area contributed by atoms with E-state index in [1.165, 1.54) is 5.56 Å². The lowest BCUT2D eigenvalue weighted by Crippen LogP contribution is -1.91. The predicted molar refractivity (Wildman–Crippen MR) is 53.4 cm³/mol. The summed E-state index contributed by atoms with van der Waals surface area (Å²) in [5, 5.41) is 5.30. The van der Waals surface area contributed by atoms with Crippen molar-refractivity contribution in [3.05, 3.63) is 29.5 Å². The number of ketones is 1. The minimum Gasteiger partial charge on any atom is -0.294 e. The van der Waals surface area contributed by atoms with Crippen molar-refractivity contribution in [3.63, 3.8) is 0 Å². The van der Waals surface area contributed by atoms with Crippen molar-refractivity contribution < 1.29 is 4.79 Å². The zero-order valence-corrected chi connectivity index (χ0v) is 7.95. The first-order chi connectivity index (χ1) is 6.75. The smallest absolute Gasteiger partial charge is 0.164 e. The fraction of sp³-hybridized carbons (Fsp3) is 0.273. The summed E-state index contributed by atoms with van der Waals surface area (Å²) in [5.41, 5.74) is 2.99. The Morgan fingerprint density at radius 2 is 2.21 bits per heavy atom. The first-order valence-corrected chi connectivity index (χ1v) is 4.74. The molecular weight excluding hydrogens is 176 g/mol. The zero-order chi connectivity index (χ0) is 9.71. The molecule has 3 heteroatoms. The lowest BCUT2D eigenvalue weighted by Gasteiger charge is -1.96. The van der Waals surface area contributed by atoms with Crippen LogP contribution in [0.3, 0.4) is 0 Å². The molecule has 0 aliphatic heterocycles. The molecule has 0 bridgehead atoms. The van der Waals surface area contributed by atoms with Crippen LogP contribution in [0.1, 0.15) is 22.3 Å². The van der Waals surface area contributed by atoms with Crippen molar-refractivity contribution in [2.24, 2.45) is 7.05 Å². The largest absolute Gasteiger partial charge is 0.294 e. The molecule has 2 aromatic rings. The van der Waals surface area contributed by atoms with E-state index in [1.54, 1.807) is 4.68 Å². The molecule has 0 saturated carbocycles. The first-order valence-electron chi connectivity index (χ1n) is 4.74. The standard InChI is InChI=1S/C11H10N2O/c1-13-6-8-9(12-13)4-2-7-3-5-10(14)11(7)8/h2,4,6H,3,5H2,1H3. The number of rotatable bonds is 0. The van der Waals surface area contributed by atoms with Crippen LogP contribution in [0.4, 0.5) is 0 Å².